The highest BCUT2D eigenvalue weighted by molar-refractivity contribution is 8.00. The number of hydrogen-bond donors (Lipinski definition) is 3. The van der Waals surface area contributed by atoms with Gasteiger partial charge in [0.25, 0.3) is 17.5 Å². The quantitative estimate of drug-likeness (QED) is 0.111. The van der Waals surface area contributed by atoms with Crippen LogP contribution in [-0.4, -0.2) is 72.1 Å². The average Bonchev–Trinajstić information content (AvgIpc) is 3.50. The molecule has 2 atom stereocenters. The molecule has 0 aliphatic carbocycles. The molecule has 3 aromatic heterocycles. The van der Waals surface area contributed by atoms with Crippen LogP contribution >= 0.6 is 23.1 Å². The second-order valence-electron chi connectivity index (χ2n) is 8.15. The molecule has 17 heteroatoms. The molecule has 0 unspecified atom stereocenters. The lowest BCUT2D eigenvalue weighted by molar-refractivity contribution is -0.662. The van der Waals surface area contributed by atoms with Crippen molar-refractivity contribution in [3.8, 4) is 0 Å². The second kappa shape index (κ2) is 9.75. The highest BCUT2D eigenvalue weighted by Gasteiger charge is 2.54. The van der Waals surface area contributed by atoms with Gasteiger partial charge in [0.05, 0.1) is 4.92 Å². The SMILES string of the molecule is CO/N=C(\C(=O)N[C@@H]1C(=O)N2C(C(=O)O)=C(C[n+]3ccn4cc([N+](=O)[O-])ccc43)CS[C@@H]12)c1csc(N)n1. The lowest BCUT2D eigenvalue weighted by Crippen LogP contribution is -2.71. The van der Waals surface area contributed by atoms with E-state index in [2.05, 4.69) is 15.5 Å². The van der Waals surface area contributed by atoms with Crippen molar-refractivity contribution in [3.63, 3.8) is 0 Å². The maximum atomic E-state index is 13.1. The Labute approximate surface area is 221 Å². The molecule has 0 spiro atoms. The van der Waals surface area contributed by atoms with Gasteiger partial charge < -0.3 is 21.0 Å². The number of carboxylic acids is 1. The normalized spacial score (nSPS) is 19.2. The van der Waals surface area contributed by atoms with E-state index in [1.807, 2.05) is 0 Å². The van der Waals surface area contributed by atoms with E-state index in [9.17, 15) is 29.6 Å². The van der Waals surface area contributed by atoms with E-state index in [0.29, 0.717) is 11.2 Å². The summed E-state index contributed by atoms with van der Waals surface area (Å²) in [6.45, 7) is 0.145. The molecule has 2 amide bonds. The fraction of sp³-hybridized carbons (Fsp3) is 0.238. The molecule has 196 valence electrons. The summed E-state index contributed by atoms with van der Waals surface area (Å²) in [6.07, 6.45) is 4.65. The highest BCUT2D eigenvalue weighted by atomic mass is 32.2. The molecule has 2 aliphatic heterocycles. The summed E-state index contributed by atoms with van der Waals surface area (Å²) < 4.78 is 3.30. The third-order valence-electron chi connectivity index (χ3n) is 5.91. The number of aliphatic carboxylic acids is 1. The third kappa shape index (κ3) is 4.30. The number of anilines is 1. The Morgan fingerprint density at radius 3 is 2.89 bits per heavy atom. The van der Waals surface area contributed by atoms with Gasteiger partial charge in [0.2, 0.25) is 0 Å². The van der Waals surface area contributed by atoms with Gasteiger partial charge in [0.1, 0.15) is 48.9 Å². The predicted molar refractivity (Wildman–Crippen MR) is 134 cm³/mol. The first-order chi connectivity index (χ1) is 18.2. The van der Waals surface area contributed by atoms with Gasteiger partial charge in [-0.05, 0) is 0 Å². The number of nitro groups is 1. The van der Waals surface area contributed by atoms with Crippen LogP contribution in [0.3, 0.4) is 0 Å². The maximum absolute atomic E-state index is 13.1. The minimum Gasteiger partial charge on any atom is -0.477 e. The van der Waals surface area contributed by atoms with Gasteiger partial charge in [-0.3, -0.25) is 24.6 Å². The summed E-state index contributed by atoms with van der Waals surface area (Å²) >= 11 is 2.42. The number of nitrogen functional groups attached to an aromatic ring is 1. The molecule has 5 heterocycles. The molecule has 0 saturated carbocycles. The number of nitrogens with zero attached hydrogens (tertiary/aromatic N) is 6. The van der Waals surface area contributed by atoms with Gasteiger partial charge in [-0.1, -0.05) is 5.16 Å². The molecule has 15 nitrogen and oxygen atoms in total. The van der Waals surface area contributed by atoms with Crippen molar-refractivity contribution in [2.24, 2.45) is 5.16 Å². The summed E-state index contributed by atoms with van der Waals surface area (Å²) in [6, 6.07) is 1.94. The van der Waals surface area contributed by atoms with Gasteiger partial charge in [-0.2, -0.15) is 4.40 Å². The number of carbonyl (C=O) groups is 3. The number of imidazole rings is 1. The fourth-order valence-corrected chi connectivity index (χ4v) is 6.13. The average molecular weight is 560 g/mol. The van der Waals surface area contributed by atoms with Gasteiger partial charge in [0.15, 0.2) is 17.0 Å². The van der Waals surface area contributed by atoms with Crippen LogP contribution in [-0.2, 0) is 25.8 Å². The molecule has 5 rings (SSSR count). The van der Waals surface area contributed by atoms with E-state index >= 15 is 0 Å². The van der Waals surface area contributed by atoms with E-state index < -0.39 is 34.1 Å². The highest BCUT2D eigenvalue weighted by Crippen LogP contribution is 2.40. The summed E-state index contributed by atoms with van der Waals surface area (Å²) in [7, 11) is 1.26. The Bertz CT molecular complexity index is 1560. The van der Waals surface area contributed by atoms with Crippen molar-refractivity contribution in [1.82, 2.24) is 19.6 Å². The van der Waals surface area contributed by atoms with Crippen LogP contribution in [0.5, 0.6) is 0 Å². The van der Waals surface area contributed by atoms with Crippen LogP contribution in [0.2, 0.25) is 0 Å². The smallest absolute Gasteiger partial charge is 0.352 e. The van der Waals surface area contributed by atoms with E-state index in [4.69, 9.17) is 10.6 Å². The molecule has 2 aliphatic rings. The molecule has 0 aromatic carbocycles. The summed E-state index contributed by atoms with van der Waals surface area (Å²) in [4.78, 5) is 58.6. The van der Waals surface area contributed by atoms with Crippen LogP contribution in [0.1, 0.15) is 5.69 Å². The molecule has 3 aromatic rings. The minimum atomic E-state index is -1.28. The second-order valence-corrected chi connectivity index (χ2v) is 10.1. The van der Waals surface area contributed by atoms with E-state index in [1.165, 1.54) is 36.5 Å². The van der Waals surface area contributed by atoms with Crippen molar-refractivity contribution in [2.75, 3.05) is 18.6 Å². The standard InChI is InChI=1S/C21H18N8O7S2/c1-36-25-14(12-9-38-21(22)23-12)17(30)24-15-18(31)28-16(20(32)33)10(8-37-19(15)28)6-26-4-5-27-7-11(29(34)35)2-3-13(26)27/h2-5,7,9,15,19H,6,8H2,1H3,(H3-,22,23,24,30,32,33)/p+1/b25-14-/t15-,19+/m1/s1. The van der Waals surface area contributed by atoms with Crippen LogP contribution in [0.15, 0.2) is 52.5 Å². The number of hydrogen-bond acceptors (Lipinski definition) is 11. The molecule has 0 bridgehead atoms. The number of aromatic nitrogens is 3. The van der Waals surface area contributed by atoms with E-state index in [-0.39, 0.29) is 40.2 Å². The van der Waals surface area contributed by atoms with Gasteiger partial charge in [0, 0.05) is 28.8 Å². The zero-order chi connectivity index (χ0) is 27.1. The predicted octanol–water partition coefficient (Wildman–Crippen LogP) is -0.0370. The zero-order valence-corrected chi connectivity index (χ0v) is 21.1. The summed E-state index contributed by atoms with van der Waals surface area (Å²) in [5.74, 6) is -2.29. The lowest BCUT2D eigenvalue weighted by atomic mass is 10.0. The lowest BCUT2D eigenvalue weighted by Gasteiger charge is -2.49. The van der Waals surface area contributed by atoms with Crippen molar-refractivity contribution in [1.29, 1.82) is 0 Å². The number of rotatable bonds is 8. The number of thiazole rings is 1. The van der Waals surface area contributed by atoms with Crippen molar-refractivity contribution < 1.29 is 33.8 Å². The van der Waals surface area contributed by atoms with Crippen LogP contribution in [0.25, 0.3) is 5.65 Å². The van der Waals surface area contributed by atoms with E-state index in [1.54, 1.807) is 27.4 Å². The molecular formula is C21H19N8O7S2+. The number of nitrogens with one attached hydrogen (secondary N) is 1. The zero-order valence-electron chi connectivity index (χ0n) is 19.5. The van der Waals surface area contributed by atoms with Crippen molar-refractivity contribution >= 4 is 63.1 Å². The number of oxime groups is 1. The Hall–Kier alpha value is -4.51. The van der Waals surface area contributed by atoms with Gasteiger partial charge in [-0.25, -0.2) is 14.3 Å². The van der Waals surface area contributed by atoms with Crippen LogP contribution < -0.4 is 15.6 Å². The van der Waals surface area contributed by atoms with Crippen LogP contribution in [0.4, 0.5) is 10.8 Å². The summed E-state index contributed by atoms with van der Waals surface area (Å²) in [5.41, 5.74) is 6.50. The van der Waals surface area contributed by atoms with Crippen LogP contribution in [0, 0.1) is 10.1 Å². The number of nitrogens with two attached hydrogens (primary N) is 1. The minimum absolute atomic E-state index is 0.0852. The maximum Gasteiger partial charge on any atom is 0.352 e. The number of pyridine rings is 1. The number of carbonyl (C=O) groups excluding carboxylic acids is 2. The van der Waals surface area contributed by atoms with Gasteiger partial charge in [-0.15, -0.1) is 23.1 Å². The number of β-lactam (4-membered cyclic amide) rings is 1. The first-order valence-electron chi connectivity index (χ1n) is 10.9. The Morgan fingerprint density at radius 1 is 1.45 bits per heavy atom. The third-order valence-corrected chi connectivity index (χ3v) is 7.92. The van der Waals surface area contributed by atoms with Gasteiger partial charge >= 0.3 is 11.7 Å². The summed E-state index contributed by atoms with van der Waals surface area (Å²) in [5, 5.41) is 28.4. The number of fused-ring (bicyclic) bond motifs is 2. The Balaban J connectivity index is 1.37. The Morgan fingerprint density at radius 2 is 2.24 bits per heavy atom. The molecule has 1 fully saturated rings. The molecule has 38 heavy (non-hydrogen) atoms. The largest absolute Gasteiger partial charge is 0.477 e. The van der Waals surface area contributed by atoms with Crippen molar-refractivity contribution in [3.05, 3.63) is 63.2 Å². The number of thioether (sulfide) groups is 1. The monoisotopic (exact) mass is 559 g/mol. The molecule has 1 saturated heterocycles. The molecule has 4 N–H and O–H groups in total. The Kier molecular flexibility index (Phi) is 6.45. The fourth-order valence-electron chi connectivity index (χ4n) is 4.24. The van der Waals surface area contributed by atoms with E-state index in [0.717, 1.165) is 16.2 Å². The topological polar surface area (TPSA) is 199 Å². The van der Waals surface area contributed by atoms with Crippen molar-refractivity contribution in [2.45, 2.75) is 18.0 Å². The number of carboxylic acid groups (broad SMARTS) is 1. The first-order valence-corrected chi connectivity index (χ1v) is 12.8. The molecule has 0 radical (unpaired) electrons. The number of amides is 2. The first kappa shape index (κ1) is 25.2. The molecular weight excluding hydrogens is 540 g/mol.